The molecule has 1 aliphatic carbocycles. The highest BCUT2D eigenvalue weighted by atomic mass is 32.1. The molecule has 0 saturated heterocycles. The summed E-state index contributed by atoms with van der Waals surface area (Å²) in [6, 6.07) is 0. The number of aryl methyl sites for hydroxylation is 1. The van der Waals surface area contributed by atoms with E-state index in [9.17, 15) is 4.79 Å². The average molecular weight is 281 g/mol. The highest BCUT2D eigenvalue weighted by Crippen LogP contribution is 2.38. The molecule has 1 heterocycles. The third-order valence-electron chi connectivity index (χ3n) is 3.70. The number of amides is 1. The molecule has 1 saturated carbocycles. The van der Waals surface area contributed by atoms with E-state index in [0.29, 0.717) is 11.5 Å². The predicted octanol–water partition coefficient (Wildman–Crippen LogP) is 0.700. The first-order valence-corrected chi connectivity index (χ1v) is 6.98. The van der Waals surface area contributed by atoms with Crippen LogP contribution < -0.4 is 11.1 Å². The van der Waals surface area contributed by atoms with Gasteiger partial charge in [0.2, 0.25) is 5.91 Å². The van der Waals surface area contributed by atoms with E-state index in [2.05, 4.69) is 20.5 Å². The summed E-state index contributed by atoms with van der Waals surface area (Å²) in [6.07, 6.45) is 6.64. The molecule has 0 unspecified atom stereocenters. The van der Waals surface area contributed by atoms with Gasteiger partial charge in [-0.25, -0.2) is 4.98 Å². The molecule has 1 aromatic rings. The van der Waals surface area contributed by atoms with E-state index in [1.165, 1.54) is 6.33 Å². The second kappa shape index (κ2) is 6.10. The zero-order valence-electron chi connectivity index (χ0n) is 10.8. The van der Waals surface area contributed by atoms with Crippen LogP contribution in [-0.4, -0.2) is 32.6 Å². The van der Waals surface area contributed by atoms with E-state index in [-0.39, 0.29) is 5.91 Å². The van der Waals surface area contributed by atoms with Crippen LogP contribution in [0.15, 0.2) is 6.33 Å². The SMILES string of the molecule is NC(=S)C1(C(=O)NCCCc2ncn[nH]2)CCCC1. The molecule has 0 atom stereocenters. The van der Waals surface area contributed by atoms with Crippen molar-refractivity contribution in [1.82, 2.24) is 20.5 Å². The Morgan fingerprint density at radius 3 is 2.84 bits per heavy atom. The zero-order chi connectivity index (χ0) is 13.7. The van der Waals surface area contributed by atoms with Crippen LogP contribution >= 0.6 is 12.2 Å². The van der Waals surface area contributed by atoms with Gasteiger partial charge in [0.15, 0.2) is 0 Å². The van der Waals surface area contributed by atoms with E-state index in [1.54, 1.807) is 0 Å². The summed E-state index contributed by atoms with van der Waals surface area (Å²) in [5, 5.41) is 9.51. The van der Waals surface area contributed by atoms with Crippen molar-refractivity contribution in [3.8, 4) is 0 Å². The molecule has 6 nitrogen and oxygen atoms in total. The monoisotopic (exact) mass is 281 g/mol. The highest BCUT2D eigenvalue weighted by molar-refractivity contribution is 7.80. The van der Waals surface area contributed by atoms with Gasteiger partial charge < -0.3 is 11.1 Å². The Morgan fingerprint density at radius 1 is 1.53 bits per heavy atom. The van der Waals surface area contributed by atoms with E-state index >= 15 is 0 Å². The maximum Gasteiger partial charge on any atom is 0.233 e. The fourth-order valence-corrected chi connectivity index (χ4v) is 2.84. The molecule has 0 aliphatic heterocycles. The number of hydrogen-bond acceptors (Lipinski definition) is 4. The first-order chi connectivity index (χ1) is 9.15. The standard InChI is InChI=1S/C12H19N5OS/c13-10(19)12(5-1-2-6-12)11(18)14-7-3-4-9-15-8-16-17-9/h8H,1-7H2,(H2,13,19)(H,14,18)(H,15,16,17). The first-order valence-electron chi connectivity index (χ1n) is 6.57. The Balaban J connectivity index is 1.78. The average Bonchev–Trinajstić information content (AvgIpc) is 3.05. The molecule has 1 aliphatic rings. The van der Waals surface area contributed by atoms with E-state index in [0.717, 1.165) is 44.3 Å². The number of rotatable bonds is 6. The summed E-state index contributed by atoms with van der Waals surface area (Å²) in [5.41, 5.74) is 5.15. The van der Waals surface area contributed by atoms with Crippen molar-refractivity contribution in [3.63, 3.8) is 0 Å². The topological polar surface area (TPSA) is 96.7 Å². The lowest BCUT2D eigenvalue weighted by atomic mass is 9.85. The smallest absolute Gasteiger partial charge is 0.233 e. The van der Waals surface area contributed by atoms with Crippen LogP contribution in [0, 0.1) is 5.41 Å². The van der Waals surface area contributed by atoms with Crippen LogP contribution in [0.3, 0.4) is 0 Å². The molecule has 1 aromatic heterocycles. The Kier molecular flexibility index (Phi) is 4.47. The highest BCUT2D eigenvalue weighted by Gasteiger charge is 2.43. The van der Waals surface area contributed by atoms with Gasteiger partial charge in [-0.2, -0.15) is 5.10 Å². The number of carbonyl (C=O) groups excluding carboxylic acids is 1. The maximum atomic E-state index is 12.3. The summed E-state index contributed by atoms with van der Waals surface area (Å²) in [4.78, 5) is 16.6. The third kappa shape index (κ3) is 3.09. The number of H-pyrrole nitrogens is 1. The summed E-state index contributed by atoms with van der Waals surface area (Å²) >= 11 is 5.08. The summed E-state index contributed by atoms with van der Waals surface area (Å²) in [5.74, 6) is 0.814. The number of aromatic nitrogens is 3. The van der Waals surface area contributed by atoms with Gasteiger partial charge in [-0.15, -0.1) is 0 Å². The molecule has 4 N–H and O–H groups in total. The van der Waals surface area contributed by atoms with Crippen LogP contribution in [-0.2, 0) is 11.2 Å². The quantitative estimate of drug-likeness (QED) is 0.527. The molecule has 0 bridgehead atoms. The van der Waals surface area contributed by atoms with Gasteiger partial charge in [-0.1, -0.05) is 25.1 Å². The summed E-state index contributed by atoms with van der Waals surface area (Å²) < 4.78 is 0. The van der Waals surface area contributed by atoms with Crippen molar-refractivity contribution in [2.45, 2.75) is 38.5 Å². The van der Waals surface area contributed by atoms with Gasteiger partial charge in [0, 0.05) is 13.0 Å². The number of carbonyl (C=O) groups is 1. The van der Waals surface area contributed by atoms with Crippen molar-refractivity contribution in [2.75, 3.05) is 6.54 Å². The van der Waals surface area contributed by atoms with Crippen LogP contribution in [0.2, 0.25) is 0 Å². The molecule has 19 heavy (non-hydrogen) atoms. The normalized spacial score (nSPS) is 17.3. The van der Waals surface area contributed by atoms with Crippen LogP contribution in [0.4, 0.5) is 0 Å². The number of aromatic amines is 1. The van der Waals surface area contributed by atoms with Crippen LogP contribution in [0.25, 0.3) is 0 Å². The predicted molar refractivity (Wildman–Crippen MR) is 75.4 cm³/mol. The lowest BCUT2D eigenvalue weighted by molar-refractivity contribution is -0.127. The van der Waals surface area contributed by atoms with Gasteiger partial charge in [0.1, 0.15) is 12.2 Å². The third-order valence-corrected chi connectivity index (χ3v) is 4.09. The number of nitrogens with zero attached hydrogens (tertiary/aromatic N) is 2. The zero-order valence-corrected chi connectivity index (χ0v) is 11.6. The van der Waals surface area contributed by atoms with Crippen molar-refractivity contribution >= 4 is 23.1 Å². The van der Waals surface area contributed by atoms with Crippen LogP contribution in [0.1, 0.15) is 37.9 Å². The molecule has 7 heteroatoms. The first kappa shape index (κ1) is 13.9. The summed E-state index contributed by atoms with van der Waals surface area (Å²) in [6.45, 7) is 0.601. The van der Waals surface area contributed by atoms with Crippen molar-refractivity contribution in [3.05, 3.63) is 12.2 Å². The van der Waals surface area contributed by atoms with Gasteiger partial charge in [0.25, 0.3) is 0 Å². The van der Waals surface area contributed by atoms with Gasteiger partial charge >= 0.3 is 0 Å². The molecular formula is C12H19N5OS. The maximum absolute atomic E-state index is 12.3. The fourth-order valence-electron chi connectivity index (χ4n) is 2.54. The lowest BCUT2D eigenvalue weighted by Crippen LogP contribution is -2.47. The Bertz CT molecular complexity index is 439. The minimum atomic E-state index is -0.610. The number of thiocarbonyl (C=S) groups is 1. The minimum Gasteiger partial charge on any atom is -0.392 e. The molecule has 0 radical (unpaired) electrons. The molecule has 1 fully saturated rings. The van der Waals surface area contributed by atoms with Crippen LogP contribution in [0.5, 0.6) is 0 Å². The van der Waals surface area contributed by atoms with E-state index in [4.69, 9.17) is 18.0 Å². The van der Waals surface area contributed by atoms with E-state index < -0.39 is 5.41 Å². The molecule has 2 rings (SSSR count). The number of nitrogens with one attached hydrogen (secondary N) is 2. The number of hydrogen-bond donors (Lipinski definition) is 3. The molecule has 0 spiro atoms. The molecular weight excluding hydrogens is 262 g/mol. The summed E-state index contributed by atoms with van der Waals surface area (Å²) in [7, 11) is 0. The van der Waals surface area contributed by atoms with E-state index in [1.807, 2.05) is 0 Å². The molecule has 104 valence electrons. The number of nitrogens with two attached hydrogens (primary N) is 1. The van der Waals surface area contributed by atoms with Crippen molar-refractivity contribution in [1.29, 1.82) is 0 Å². The lowest BCUT2D eigenvalue weighted by Gasteiger charge is -2.26. The Morgan fingerprint density at radius 2 is 2.26 bits per heavy atom. The largest absolute Gasteiger partial charge is 0.392 e. The van der Waals surface area contributed by atoms with Gasteiger partial charge in [0.05, 0.1) is 10.4 Å². The minimum absolute atomic E-state index is 0.0185. The van der Waals surface area contributed by atoms with Gasteiger partial charge in [-0.05, 0) is 19.3 Å². The molecule has 1 amide bonds. The Hall–Kier alpha value is -1.50. The van der Waals surface area contributed by atoms with Crippen molar-refractivity contribution < 1.29 is 4.79 Å². The van der Waals surface area contributed by atoms with Gasteiger partial charge in [-0.3, -0.25) is 9.89 Å². The fraction of sp³-hybridized carbons (Fsp3) is 0.667. The Labute approximate surface area is 117 Å². The molecule has 0 aromatic carbocycles. The second-order valence-corrected chi connectivity index (χ2v) is 5.38. The van der Waals surface area contributed by atoms with Crippen molar-refractivity contribution in [2.24, 2.45) is 11.1 Å². The second-order valence-electron chi connectivity index (χ2n) is 4.95.